The molecule has 1 aromatic carbocycles. The van der Waals surface area contributed by atoms with Gasteiger partial charge in [0, 0.05) is 6.20 Å². The Morgan fingerprint density at radius 3 is 2.60 bits per heavy atom. The fourth-order valence-corrected chi connectivity index (χ4v) is 2.49. The maximum atomic E-state index is 6.32. The monoisotopic (exact) mass is 328 g/mol. The van der Waals surface area contributed by atoms with Gasteiger partial charge in [0.25, 0.3) is 0 Å². The summed E-state index contributed by atoms with van der Waals surface area (Å²) in [4.78, 5) is 4.38. The van der Waals surface area contributed by atoms with E-state index in [4.69, 9.17) is 34.8 Å². The van der Waals surface area contributed by atoms with Crippen molar-refractivity contribution >= 4 is 34.8 Å². The van der Waals surface area contributed by atoms with Crippen LogP contribution < -0.4 is 5.32 Å². The molecule has 5 heteroatoms. The minimum Gasteiger partial charge on any atom is -0.305 e. The molecule has 1 atom stereocenters. The van der Waals surface area contributed by atoms with Gasteiger partial charge < -0.3 is 5.32 Å². The molecule has 0 saturated carbocycles. The summed E-state index contributed by atoms with van der Waals surface area (Å²) >= 11 is 18.3. The molecule has 1 aromatic heterocycles. The molecule has 2 rings (SSSR count). The fourth-order valence-electron chi connectivity index (χ4n) is 1.96. The van der Waals surface area contributed by atoms with Crippen LogP contribution in [0.15, 0.2) is 36.5 Å². The van der Waals surface area contributed by atoms with E-state index in [2.05, 4.69) is 17.2 Å². The zero-order chi connectivity index (χ0) is 14.5. The van der Waals surface area contributed by atoms with E-state index in [0.717, 1.165) is 24.2 Å². The van der Waals surface area contributed by atoms with Gasteiger partial charge in [0.2, 0.25) is 0 Å². The first kappa shape index (κ1) is 15.6. The van der Waals surface area contributed by atoms with Gasteiger partial charge in [0.15, 0.2) is 0 Å². The number of aromatic nitrogens is 1. The van der Waals surface area contributed by atoms with Crippen molar-refractivity contribution in [2.45, 2.75) is 19.4 Å². The molecule has 0 saturated heterocycles. The van der Waals surface area contributed by atoms with Crippen molar-refractivity contribution in [1.29, 1.82) is 0 Å². The first-order valence-electron chi connectivity index (χ1n) is 6.42. The highest BCUT2D eigenvalue weighted by Crippen LogP contribution is 2.32. The third-order valence-electron chi connectivity index (χ3n) is 2.94. The number of benzene rings is 1. The predicted octanol–water partition coefficient (Wildman–Crippen LogP) is 5.13. The molecule has 0 aliphatic heterocycles. The lowest BCUT2D eigenvalue weighted by Crippen LogP contribution is -2.24. The molecule has 20 heavy (non-hydrogen) atoms. The third kappa shape index (κ3) is 3.64. The summed E-state index contributed by atoms with van der Waals surface area (Å²) in [6, 6.07) is 9.24. The number of halogens is 3. The van der Waals surface area contributed by atoms with Gasteiger partial charge in [-0.05, 0) is 36.7 Å². The molecule has 0 amide bonds. The van der Waals surface area contributed by atoms with Gasteiger partial charge in [-0.2, -0.15) is 0 Å². The van der Waals surface area contributed by atoms with Crippen molar-refractivity contribution in [3.63, 3.8) is 0 Å². The molecular formula is C15H15Cl3N2. The Labute approximate surface area is 134 Å². The van der Waals surface area contributed by atoms with Gasteiger partial charge in [-0.15, -0.1) is 0 Å². The summed E-state index contributed by atoms with van der Waals surface area (Å²) in [6.45, 7) is 2.97. The maximum Gasteiger partial charge on any atom is 0.0766 e. The predicted molar refractivity (Wildman–Crippen MR) is 85.8 cm³/mol. The lowest BCUT2D eigenvalue weighted by Gasteiger charge is -2.20. The van der Waals surface area contributed by atoms with E-state index in [1.54, 1.807) is 12.3 Å². The first-order chi connectivity index (χ1) is 9.63. The molecular weight excluding hydrogens is 315 g/mol. The summed E-state index contributed by atoms with van der Waals surface area (Å²) in [5.74, 6) is 0. The van der Waals surface area contributed by atoms with Crippen LogP contribution in [0.3, 0.4) is 0 Å². The molecule has 0 aliphatic carbocycles. The summed E-state index contributed by atoms with van der Waals surface area (Å²) in [7, 11) is 0. The van der Waals surface area contributed by atoms with Crippen LogP contribution >= 0.6 is 34.8 Å². The molecule has 106 valence electrons. The molecule has 1 unspecified atom stereocenters. The van der Waals surface area contributed by atoms with Crippen LogP contribution in [-0.4, -0.2) is 11.5 Å². The number of rotatable bonds is 5. The van der Waals surface area contributed by atoms with Crippen LogP contribution in [0.2, 0.25) is 15.1 Å². The molecule has 1 heterocycles. The second-order valence-electron chi connectivity index (χ2n) is 4.43. The highest BCUT2D eigenvalue weighted by atomic mass is 35.5. The van der Waals surface area contributed by atoms with Gasteiger partial charge in [-0.3, -0.25) is 4.98 Å². The topological polar surface area (TPSA) is 24.9 Å². The normalized spacial score (nSPS) is 12.4. The highest BCUT2D eigenvalue weighted by Gasteiger charge is 2.18. The Morgan fingerprint density at radius 1 is 1.15 bits per heavy atom. The van der Waals surface area contributed by atoms with E-state index in [1.807, 2.05) is 24.3 Å². The van der Waals surface area contributed by atoms with Crippen molar-refractivity contribution in [1.82, 2.24) is 10.3 Å². The highest BCUT2D eigenvalue weighted by molar-refractivity contribution is 6.42. The summed E-state index contributed by atoms with van der Waals surface area (Å²) in [5.41, 5.74) is 1.79. The Balaban J connectivity index is 2.41. The van der Waals surface area contributed by atoms with Gasteiger partial charge in [0.05, 0.1) is 26.8 Å². The van der Waals surface area contributed by atoms with Gasteiger partial charge in [-0.25, -0.2) is 0 Å². The van der Waals surface area contributed by atoms with Crippen molar-refractivity contribution < 1.29 is 0 Å². The Bertz CT molecular complexity index is 570. The molecule has 0 spiro atoms. The van der Waals surface area contributed by atoms with Crippen LogP contribution in [0.4, 0.5) is 0 Å². The van der Waals surface area contributed by atoms with Crippen molar-refractivity contribution in [3.8, 4) is 0 Å². The average molecular weight is 330 g/mol. The van der Waals surface area contributed by atoms with Crippen LogP contribution in [-0.2, 0) is 0 Å². The molecule has 0 fully saturated rings. The molecule has 2 nitrogen and oxygen atoms in total. The van der Waals surface area contributed by atoms with Crippen LogP contribution in [0.5, 0.6) is 0 Å². The summed E-state index contributed by atoms with van der Waals surface area (Å²) in [5, 5.41) is 5.15. The minimum absolute atomic E-state index is 0.0987. The summed E-state index contributed by atoms with van der Waals surface area (Å²) in [6.07, 6.45) is 2.65. The van der Waals surface area contributed by atoms with Gasteiger partial charge in [-0.1, -0.05) is 53.9 Å². The first-order valence-corrected chi connectivity index (χ1v) is 7.55. The molecule has 0 aliphatic rings. The zero-order valence-electron chi connectivity index (χ0n) is 11.0. The Morgan fingerprint density at radius 2 is 1.95 bits per heavy atom. The Kier molecular flexibility index (Phi) is 5.67. The van der Waals surface area contributed by atoms with Crippen LogP contribution in [0.1, 0.15) is 30.6 Å². The number of pyridine rings is 1. The average Bonchev–Trinajstić information content (AvgIpc) is 2.45. The largest absolute Gasteiger partial charge is 0.305 e. The van der Waals surface area contributed by atoms with Crippen LogP contribution in [0.25, 0.3) is 0 Å². The number of hydrogen-bond acceptors (Lipinski definition) is 2. The smallest absolute Gasteiger partial charge is 0.0766 e. The van der Waals surface area contributed by atoms with Crippen LogP contribution in [0, 0.1) is 0 Å². The van der Waals surface area contributed by atoms with Crippen molar-refractivity contribution in [2.24, 2.45) is 0 Å². The molecule has 0 radical (unpaired) electrons. The van der Waals surface area contributed by atoms with Crippen molar-refractivity contribution in [2.75, 3.05) is 6.54 Å². The van der Waals surface area contributed by atoms with E-state index in [9.17, 15) is 0 Å². The third-order valence-corrected chi connectivity index (χ3v) is 3.99. The quantitative estimate of drug-likeness (QED) is 0.822. The van der Waals surface area contributed by atoms with E-state index < -0.39 is 0 Å². The SMILES string of the molecule is CCCNC(c1ccc(Cl)cn1)c1cccc(Cl)c1Cl. The zero-order valence-corrected chi connectivity index (χ0v) is 13.3. The Hall–Kier alpha value is -0.800. The molecule has 1 N–H and O–H groups in total. The lowest BCUT2D eigenvalue weighted by atomic mass is 10.0. The van der Waals surface area contributed by atoms with E-state index >= 15 is 0 Å². The fraction of sp³-hybridized carbons (Fsp3) is 0.267. The van der Waals surface area contributed by atoms with E-state index in [0.29, 0.717) is 15.1 Å². The minimum atomic E-state index is -0.0987. The number of nitrogens with zero attached hydrogens (tertiary/aromatic N) is 1. The molecule has 0 bridgehead atoms. The van der Waals surface area contributed by atoms with Gasteiger partial charge in [0.1, 0.15) is 0 Å². The second kappa shape index (κ2) is 7.28. The molecule has 2 aromatic rings. The second-order valence-corrected chi connectivity index (χ2v) is 5.65. The number of hydrogen-bond donors (Lipinski definition) is 1. The maximum absolute atomic E-state index is 6.32. The summed E-state index contributed by atoms with van der Waals surface area (Å²) < 4.78 is 0. The standard InChI is InChI=1S/C15H15Cl3N2/c1-2-8-19-15(13-7-6-10(16)9-20-13)11-4-3-5-12(17)14(11)18/h3-7,9,15,19H,2,8H2,1H3. The van der Waals surface area contributed by atoms with Crippen molar-refractivity contribution in [3.05, 3.63) is 62.9 Å². The van der Waals surface area contributed by atoms with E-state index in [-0.39, 0.29) is 6.04 Å². The number of nitrogens with one attached hydrogen (secondary N) is 1. The van der Waals surface area contributed by atoms with Gasteiger partial charge >= 0.3 is 0 Å². The van der Waals surface area contributed by atoms with E-state index in [1.165, 1.54) is 0 Å². The lowest BCUT2D eigenvalue weighted by molar-refractivity contribution is 0.587.